The monoisotopic (exact) mass is 277 g/mol. The number of ether oxygens (including phenoxy) is 1. The van der Waals surface area contributed by atoms with Gasteiger partial charge in [-0.25, -0.2) is 0 Å². The van der Waals surface area contributed by atoms with Gasteiger partial charge in [0.25, 0.3) is 0 Å². The molecular weight excluding hydrogens is 265 g/mol. The first-order valence-corrected chi connectivity index (χ1v) is 5.17. The number of benzene rings is 1. The van der Waals surface area contributed by atoms with Crippen molar-refractivity contribution >= 4 is 28.3 Å². The normalized spacial score (nSPS) is 19.4. The summed E-state index contributed by atoms with van der Waals surface area (Å²) in [6, 6.07) is 6.59. The molecule has 78 valence electrons. The fraction of sp³-hybridized carbons (Fsp3) is 0.400. The fourth-order valence-corrected chi connectivity index (χ4v) is 1.99. The molecule has 1 saturated heterocycles. The molecule has 0 unspecified atom stereocenters. The molecule has 14 heavy (non-hydrogen) atoms. The van der Waals surface area contributed by atoms with E-state index in [2.05, 4.69) is 27.3 Å². The van der Waals surface area contributed by atoms with E-state index >= 15 is 0 Å². The summed E-state index contributed by atoms with van der Waals surface area (Å²) in [4.78, 5) is 0. The maximum Gasteiger partial charge on any atom is 0.119 e. The van der Waals surface area contributed by atoms with Crippen molar-refractivity contribution in [2.45, 2.75) is 12.5 Å². The molecule has 4 heteroatoms. The zero-order valence-corrected chi connectivity index (χ0v) is 10.3. The van der Waals surface area contributed by atoms with Crippen LogP contribution in [0.25, 0.3) is 0 Å². The van der Waals surface area contributed by atoms with E-state index in [1.54, 1.807) is 7.11 Å². The van der Waals surface area contributed by atoms with E-state index < -0.39 is 0 Å². The Balaban J connectivity index is 0.000000980. The molecule has 0 amide bonds. The van der Waals surface area contributed by atoms with Crippen LogP contribution in [0, 0.1) is 0 Å². The summed E-state index contributed by atoms with van der Waals surface area (Å²) in [5, 5.41) is 3.37. The highest BCUT2D eigenvalue weighted by Crippen LogP contribution is 2.32. The van der Waals surface area contributed by atoms with E-state index in [0.29, 0.717) is 6.04 Å². The summed E-state index contributed by atoms with van der Waals surface area (Å²) >= 11 is 3.54. The van der Waals surface area contributed by atoms with Gasteiger partial charge in [-0.05, 0) is 36.7 Å². The maximum absolute atomic E-state index is 5.18. The molecule has 1 aromatic carbocycles. The molecule has 1 aliphatic heterocycles. The molecular formula is C10H13BrClNO. The zero-order valence-electron chi connectivity index (χ0n) is 7.92. The van der Waals surface area contributed by atoms with Crippen LogP contribution in [-0.2, 0) is 0 Å². The van der Waals surface area contributed by atoms with E-state index in [4.69, 9.17) is 4.74 Å². The Morgan fingerprint density at radius 2 is 2.21 bits per heavy atom. The molecule has 1 aromatic rings. The third-order valence-electron chi connectivity index (χ3n) is 2.40. The van der Waals surface area contributed by atoms with Crippen molar-refractivity contribution in [2.24, 2.45) is 0 Å². The SMILES string of the molecule is COc1ccc(Br)c([C@@H]2CCN2)c1.Cl. The highest BCUT2D eigenvalue weighted by molar-refractivity contribution is 9.10. The zero-order chi connectivity index (χ0) is 9.26. The van der Waals surface area contributed by atoms with Crippen LogP contribution in [0.15, 0.2) is 22.7 Å². The molecule has 1 aliphatic rings. The van der Waals surface area contributed by atoms with Gasteiger partial charge in [-0.15, -0.1) is 12.4 Å². The minimum Gasteiger partial charge on any atom is -0.497 e. The van der Waals surface area contributed by atoms with Gasteiger partial charge in [0.05, 0.1) is 7.11 Å². The van der Waals surface area contributed by atoms with E-state index in [9.17, 15) is 0 Å². The average molecular weight is 279 g/mol. The lowest BCUT2D eigenvalue weighted by Crippen LogP contribution is -2.35. The molecule has 0 bridgehead atoms. The lowest BCUT2D eigenvalue weighted by atomic mass is 9.98. The molecule has 2 nitrogen and oxygen atoms in total. The van der Waals surface area contributed by atoms with Crippen LogP contribution in [-0.4, -0.2) is 13.7 Å². The highest BCUT2D eigenvalue weighted by atomic mass is 79.9. The average Bonchev–Trinajstić information content (AvgIpc) is 2.06. The van der Waals surface area contributed by atoms with Crippen molar-refractivity contribution in [1.29, 1.82) is 0 Å². The molecule has 0 aliphatic carbocycles. The van der Waals surface area contributed by atoms with Crippen molar-refractivity contribution < 1.29 is 4.74 Å². The minimum atomic E-state index is 0. The topological polar surface area (TPSA) is 21.3 Å². The molecule has 1 fully saturated rings. The summed E-state index contributed by atoms with van der Waals surface area (Å²) in [7, 11) is 1.70. The van der Waals surface area contributed by atoms with Crippen molar-refractivity contribution in [3.05, 3.63) is 28.2 Å². The quantitative estimate of drug-likeness (QED) is 0.898. The summed E-state index contributed by atoms with van der Waals surface area (Å²) in [5.41, 5.74) is 1.30. The molecule has 0 spiro atoms. The number of halogens is 2. The lowest BCUT2D eigenvalue weighted by molar-refractivity contribution is 0.376. The van der Waals surface area contributed by atoms with Crippen LogP contribution in [0.2, 0.25) is 0 Å². The molecule has 1 atom stereocenters. The van der Waals surface area contributed by atoms with E-state index in [1.807, 2.05) is 12.1 Å². The Bertz CT molecular complexity index is 315. The van der Waals surface area contributed by atoms with E-state index in [1.165, 1.54) is 12.0 Å². The molecule has 0 aromatic heterocycles. The standard InChI is InChI=1S/C10H12BrNO.ClH/c1-13-7-2-3-9(11)8(6-7)10-4-5-12-10;/h2-3,6,10,12H,4-5H2,1H3;1H/t10-;/m0./s1. The van der Waals surface area contributed by atoms with Crippen LogP contribution in [0.4, 0.5) is 0 Å². The first-order valence-electron chi connectivity index (χ1n) is 4.38. The summed E-state index contributed by atoms with van der Waals surface area (Å²) in [6.45, 7) is 1.12. The Morgan fingerprint density at radius 3 is 2.71 bits per heavy atom. The second-order valence-electron chi connectivity index (χ2n) is 3.18. The van der Waals surface area contributed by atoms with Crippen molar-refractivity contribution in [3.8, 4) is 5.75 Å². The van der Waals surface area contributed by atoms with E-state index in [-0.39, 0.29) is 12.4 Å². The van der Waals surface area contributed by atoms with Crippen molar-refractivity contribution in [3.63, 3.8) is 0 Å². The fourth-order valence-electron chi connectivity index (χ4n) is 1.47. The molecule has 1 heterocycles. The first kappa shape index (κ1) is 11.8. The highest BCUT2D eigenvalue weighted by Gasteiger charge is 2.20. The van der Waals surface area contributed by atoms with E-state index in [0.717, 1.165) is 16.8 Å². The van der Waals surface area contributed by atoms with Crippen molar-refractivity contribution in [2.75, 3.05) is 13.7 Å². The van der Waals surface area contributed by atoms with Gasteiger partial charge in [-0.3, -0.25) is 0 Å². The van der Waals surface area contributed by atoms with Gasteiger partial charge < -0.3 is 10.1 Å². The van der Waals surface area contributed by atoms with Gasteiger partial charge in [-0.2, -0.15) is 0 Å². The lowest BCUT2D eigenvalue weighted by Gasteiger charge is -2.29. The third kappa shape index (κ3) is 2.22. The Labute approximate surface area is 98.6 Å². The van der Waals surface area contributed by atoms with Crippen LogP contribution >= 0.6 is 28.3 Å². The van der Waals surface area contributed by atoms with Gasteiger partial charge >= 0.3 is 0 Å². The van der Waals surface area contributed by atoms with Crippen LogP contribution in [0.1, 0.15) is 18.0 Å². The summed E-state index contributed by atoms with van der Waals surface area (Å²) in [6.07, 6.45) is 1.21. The van der Waals surface area contributed by atoms with Gasteiger partial charge in [0.1, 0.15) is 5.75 Å². The largest absolute Gasteiger partial charge is 0.497 e. The van der Waals surface area contributed by atoms with Crippen molar-refractivity contribution in [1.82, 2.24) is 5.32 Å². The number of rotatable bonds is 2. The van der Waals surface area contributed by atoms with Crippen LogP contribution < -0.4 is 10.1 Å². The molecule has 2 rings (SSSR count). The second-order valence-corrected chi connectivity index (χ2v) is 4.04. The Hall–Kier alpha value is -0.250. The van der Waals surface area contributed by atoms with Gasteiger partial charge in [0, 0.05) is 10.5 Å². The molecule has 0 saturated carbocycles. The minimum absolute atomic E-state index is 0. The maximum atomic E-state index is 5.18. The summed E-state index contributed by atoms with van der Waals surface area (Å²) in [5.74, 6) is 0.923. The number of hydrogen-bond donors (Lipinski definition) is 1. The number of hydrogen-bond acceptors (Lipinski definition) is 2. The predicted octanol–water partition coefficient (Wildman–Crippen LogP) is 2.91. The van der Waals surface area contributed by atoms with Gasteiger partial charge in [-0.1, -0.05) is 15.9 Å². The summed E-state index contributed by atoms with van der Waals surface area (Å²) < 4.78 is 6.34. The third-order valence-corrected chi connectivity index (χ3v) is 3.12. The van der Waals surface area contributed by atoms with Gasteiger partial charge in [0.15, 0.2) is 0 Å². The predicted molar refractivity (Wildman–Crippen MR) is 63.3 cm³/mol. The number of methoxy groups -OCH3 is 1. The Kier molecular flexibility index (Phi) is 4.23. The first-order chi connectivity index (χ1) is 6.31. The second kappa shape index (κ2) is 5.01. The molecule has 1 N–H and O–H groups in total. The molecule has 0 radical (unpaired) electrons. The number of nitrogens with one attached hydrogen (secondary N) is 1. The Morgan fingerprint density at radius 1 is 1.50 bits per heavy atom. The van der Waals surface area contributed by atoms with Crippen LogP contribution in [0.3, 0.4) is 0 Å². The smallest absolute Gasteiger partial charge is 0.119 e. The van der Waals surface area contributed by atoms with Crippen LogP contribution in [0.5, 0.6) is 5.75 Å². The van der Waals surface area contributed by atoms with Gasteiger partial charge in [0.2, 0.25) is 0 Å².